The summed E-state index contributed by atoms with van der Waals surface area (Å²) in [5.74, 6) is -0.289. The maximum Gasteiger partial charge on any atom is 0.335 e. The second-order valence-corrected chi connectivity index (χ2v) is 7.76. The lowest BCUT2D eigenvalue weighted by molar-refractivity contribution is 0.0696. The zero-order valence-corrected chi connectivity index (χ0v) is 18.0. The van der Waals surface area contributed by atoms with Gasteiger partial charge in [-0.1, -0.05) is 30.3 Å². The molecular weight excluding hydrogens is 418 g/mol. The van der Waals surface area contributed by atoms with Gasteiger partial charge in [-0.15, -0.1) is 0 Å². The van der Waals surface area contributed by atoms with Gasteiger partial charge in [-0.2, -0.15) is 0 Å². The van der Waals surface area contributed by atoms with Gasteiger partial charge >= 0.3 is 5.97 Å². The molecule has 4 aromatic carbocycles. The lowest BCUT2D eigenvalue weighted by Crippen LogP contribution is -2.22. The van der Waals surface area contributed by atoms with Crippen LogP contribution in [0.5, 0.6) is 11.5 Å². The molecular formula is C27H23NO5. The third-order valence-electron chi connectivity index (χ3n) is 5.48. The molecule has 166 valence electrons. The molecule has 0 aliphatic carbocycles. The number of aromatic carboxylic acids is 1. The number of methoxy groups -OCH3 is 1. The Balaban J connectivity index is 1.52. The Bertz CT molecular complexity index is 1330. The average Bonchev–Trinajstić information content (AvgIpc) is 2.83. The number of ether oxygens (including phenoxy) is 1. The molecule has 0 fully saturated rings. The number of aromatic hydroxyl groups is 1. The third kappa shape index (κ3) is 5.13. The highest BCUT2D eigenvalue weighted by molar-refractivity contribution is 5.99. The molecule has 0 aliphatic rings. The molecule has 4 aromatic rings. The van der Waals surface area contributed by atoms with Crippen molar-refractivity contribution in [1.29, 1.82) is 0 Å². The first kappa shape index (κ1) is 21.9. The first-order valence-electron chi connectivity index (χ1n) is 10.4. The van der Waals surface area contributed by atoms with Gasteiger partial charge in [-0.05, 0) is 76.0 Å². The lowest BCUT2D eigenvalue weighted by atomic mass is 9.98. The normalized spacial score (nSPS) is 10.7. The largest absolute Gasteiger partial charge is 0.508 e. The van der Waals surface area contributed by atoms with E-state index in [0.29, 0.717) is 24.1 Å². The molecule has 0 aromatic heterocycles. The second-order valence-electron chi connectivity index (χ2n) is 7.76. The number of carboxylic acid groups (broad SMARTS) is 1. The van der Waals surface area contributed by atoms with Gasteiger partial charge in [0.25, 0.3) is 5.91 Å². The predicted octanol–water partition coefficient (Wildman–Crippen LogP) is 4.77. The molecule has 0 saturated heterocycles. The molecule has 0 aliphatic heterocycles. The molecule has 1 amide bonds. The molecule has 6 nitrogen and oxygen atoms in total. The summed E-state index contributed by atoms with van der Waals surface area (Å²) in [4.78, 5) is 23.7. The summed E-state index contributed by atoms with van der Waals surface area (Å²) in [6, 6.07) is 22.9. The highest BCUT2D eigenvalue weighted by atomic mass is 16.5. The highest BCUT2D eigenvalue weighted by Crippen LogP contribution is 2.28. The smallest absolute Gasteiger partial charge is 0.335 e. The van der Waals surface area contributed by atoms with Gasteiger partial charge in [0.05, 0.1) is 12.7 Å². The van der Waals surface area contributed by atoms with Gasteiger partial charge in [0.15, 0.2) is 0 Å². The van der Waals surface area contributed by atoms with Gasteiger partial charge < -0.3 is 20.3 Å². The van der Waals surface area contributed by atoms with E-state index in [1.54, 1.807) is 55.6 Å². The van der Waals surface area contributed by atoms with Crippen molar-refractivity contribution in [3.8, 4) is 11.5 Å². The van der Waals surface area contributed by atoms with Gasteiger partial charge in [-0.3, -0.25) is 4.79 Å². The van der Waals surface area contributed by atoms with E-state index >= 15 is 0 Å². The Morgan fingerprint density at radius 1 is 0.848 bits per heavy atom. The minimum absolute atomic E-state index is 0.153. The monoisotopic (exact) mass is 441 g/mol. The van der Waals surface area contributed by atoms with Crippen LogP contribution in [0.4, 0.5) is 0 Å². The zero-order valence-electron chi connectivity index (χ0n) is 18.0. The Labute approximate surface area is 191 Å². The minimum atomic E-state index is -0.979. The van der Waals surface area contributed by atoms with Crippen molar-refractivity contribution < 1.29 is 24.5 Å². The molecule has 4 rings (SSSR count). The zero-order chi connectivity index (χ0) is 23.4. The van der Waals surface area contributed by atoms with Crippen LogP contribution in [0.3, 0.4) is 0 Å². The second kappa shape index (κ2) is 9.44. The molecule has 0 heterocycles. The first-order valence-corrected chi connectivity index (χ1v) is 10.4. The van der Waals surface area contributed by atoms with Crippen molar-refractivity contribution in [2.24, 2.45) is 0 Å². The third-order valence-corrected chi connectivity index (χ3v) is 5.48. The maximum absolute atomic E-state index is 12.7. The fraction of sp³-hybridized carbons (Fsp3) is 0.111. The van der Waals surface area contributed by atoms with Crippen LogP contribution in [0.2, 0.25) is 0 Å². The van der Waals surface area contributed by atoms with Crippen molar-refractivity contribution in [3.63, 3.8) is 0 Å². The number of amides is 1. The number of hydrogen-bond acceptors (Lipinski definition) is 4. The van der Waals surface area contributed by atoms with Crippen molar-refractivity contribution in [3.05, 3.63) is 107 Å². The molecule has 33 heavy (non-hydrogen) atoms. The van der Waals surface area contributed by atoms with Crippen LogP contribution < -0.4 is 10.1 Å². The number of carbonyl (C=O) groups excluding carboxylic acids is 1. The number of phenols is 1. The number of carboxylic acids is 1. The summed E-state index contributed by atoms with van der Waals surface area (Å²) in [6.45, 7) is 0.376. The standard InChI is InChI=1S/C27H23NO5/c1-33-24-4-2-3-18(12-24)16-28-26(30)21-10-9-20-15-25(29)23(14-22(20)13-21)11-17-5-7-19(8-6-17)27(31)32/h2-10,12-15,29H,11,16H2,1H3,(H,28,30)(H,31,32). The lowest BCUT2D eigenvalue weighted by Gasteiger charge is -2.10. The van der Waals surface area contributed by atoms with Gasteiger partial charge in [0, 0.05) is 18.5 Å². The van der Waals surface area contributed by atoms with Crippen LogP contribution in [-0.2, 0) is 13.0 Å². The Morgan fingerprint density at radius 2 is 1.61 bits per heavy atom. The van der Waals surface area contributed by atoms with Gasteiger partial charge in [-0.25, -0.2) is 4.79 Å². The fourth-order valence-corrected chi connectivity index (χ4v) is 3.67. The van der Waals surface area contributed by atoms with Crippen LogP contribution >= 0.6 is 0 Å². The van der Waals surface area contributed by atoms with Crippen molar-refractivity contribution in [2.45, 2.75) is 13.0 Å². The quantitative estimate of drug-likeness (QED) is 0.384. The molecule has 0 radical (unpaired) electrons. The number of fused-ring (bicyclic) bond motifs is 1. The predicted molar refractivity (Wildman–Crippen MR) is 126 cm³/mol. The number of hydrogen-bond donors (Lipinski definition) is 3. The summed E-state index contributed by atoms with van der Waals surface area (Å²) in [7, 11) is 1.60. The molecule has 0 atom stereocenters. The Morgan fingerprint density at radius 3 is 2.33 bits per heavy atom. The van der Waals surface area contributed by atoms with Crippen LogP contribution in [0.15, 0.2) is 78.9 Å². The fourth-order valence-electron chi connectivity index (χ4n) is 3.67. The number of carbonyl (C=O) groups is 2. The van der Waals surface area contributed by atoms with E-state index in [0.717, 1.165) is 27.6 Å². The summed E-state index contributed by atoms with van der Waals surface area (Å²) in [6.07, 6.45) is 0.438. The van der Waals surface area contributed by atoms with Crippen molar-refractivity contribution in [2.75, 3.05) is 7.11 Å². The Hall–Kier alpha value is -4.32. The maximum atomic E-state index is 12.7. The van der Waals surface area contributed by atoms with E-state index in [9.17, 15) is 14.7 Å². The number of phenolic OH excluding ortho intramolecular Hbond substituents is 1. The van der Waals surface area contributed by atoms with Gasteiger partial charge in [0.1, 0.15) is 11.5 Å². The summed E-state index contributed by atoms with van der Waals surface area (Å²) in [5, 5.41) is 24.1. The SMILES string of the molecule is COc1cccc(CNC(=O)c2ccc3cc(O)c(Cc4ccc(C(=O)O)cc4)cc3c2)c1. The van der Waals surface area contributed by atoms with Gasteiger partial charge in [0.2, 0.25) is 0 Å². The average molecular weight is 441 g/mol. The van der Waals surface area contributed by atoms with E-state index in [2.05, 4.69) is 5.32 Å². The Kier molecular flexibility index (Phi) is 6.26. The van der Waals surface area contributed by atoms with E-state index in [-0.39, 0.29) is 17.2 Å². The molecule has 0 spiro atoms. The minimum Gasteiger partial charge on any atom is -0.508 e. The number of nitrogens with one attached hydrogen (secondary N) is 1. The van der Waals surface area contributed by atoms with E-state index in [1.807, 2.05) is 30.3 Å². The highest BCUT2D eigenvalue weighted by Gasteiger charge is 2.11. The summed E-state index contributed by atoms with van der Waals surface area (Å²) < 4.78 is 5.21. The summed E-state index contributed by atoms with van der Waals surface area (Å²) in [5.41, 5.74) is 3.24. The van der Waals surface area contributed by atoms with E-state index in [4.69, 9.17) is 9.84 Å². The molecule has 3 N–H and O–H groups in total. The van der Waals surface area contributed by atoms with E-state index in [1.165, 1.54) is 0 Å². The molecule has 6 heteroatoms. The molecule has 0 unspecified atom stereocenters. The van der Waals surface area contributed by atoms with Crippen LogP contribution in [-0.4, -0.2) is 29.2 Å². The van der Waals surface area contributed by atoms with Crippen LogP contribution in [0, 0.1) is 0 Å². The topological polar surface area (TPSA) is 95.9 Å². The molecule has 0 bridgehead atoms. The first-order chi connectivity index (χ1) is 15.9. The van der Waals surface area contributed by atoms with Crippen LogP contribution in [0.25, 0.3) is 10.8 Å². The van der Waals surface area contributed by atoms with Crippen molar-refractivity contribution in [1.82, 2.24) is 5.32 Å². The molecule has 0 saturated carbocycles. The van der Waals surface area contributed by atoms with Crippen LogP contribution in [0.1, 0.15) is 37.4 Å². The number of rotatable bonds is 7. The number of benzene rings is 4. The van der Waals surface area contributed by atoms with Crippen molar-refractivity contribution >= 4 is 22.6 Å². The van der Waals surface area contributed by atoms with E-state index < -0.39 is 5.97 Å². The summed E-state index contributed by atoms with van der Waals surface area (Å²) >= 11 is 0.